The van der Waals surface area contributed by atoms with Crippen LogP contribution in [0.5, 0.6) is 0 Å². The van der Waals surface area contributed by atoms with Crippen LogP contribution in [0.25, 0.3) is 11.6 Å². The molecule has 0 fully saturated rings. The third kappa shape index (κ3) is 4.51. The summed E-state index contributed by atoms with van der Waals surface area (Å²) in [5, 5.41) is 15.9. The molecule has 138 valence electrons. The molecule has 0 radical (unpaired) electrons. The molecule has 3 N–H and O–H groups in total. The fraction of sp³-hybridized carbons (Fsp3) is 0.389. The van der Waals surface area contributed by atoms with Crippen LogP contribution in [0.4, 0.5) is 0 Å². The number of thiophene rings is 1. The second kappa shape index (κ2) is 8.18. The minimum atomic E-state index is 0.0308. The minimum Gasteiger partial charge on any atom is -0.461 e. The summed E-state index contributed by atoms with van der Waals surface area (Å²) in [6.45, 7) is 8.48. The molecular weight excluding hydrogens is 348 g/mol. The molecule has 26 heavy (non-hydrogen) atoms. The number of rotatable bonds is 7. The average molecular weight is 372 g/mol. The van der Waals surface area contributed by atoms with E-state index in [1.807, 2.05) is 19.1 Å². The molecule has 0 bridgehead atoms. The van der Waals surface area contributed by atoms with Crippen LogP contribution in [0.2, 0.25) is 0 Å². The molecule has 0 saturated carbocycles. The molecule has 8 heteroatoms. The van der Waals surface area contributed by atoms with Crippen LogP contribution in [0, 0.1) is 0 Å². The van der Waals surface area contributed by atoms with Gasteiger partial charge in [-0.05, 0) is 30.5 Å². The summed E-state index contributed by atoms with van der Waals surface area (Å²) >= 11 is 1.77. The molecule has 0 atom stereocenters. The zero-order valence-corrected chi connectivity index (χ0v) is 16.1. The van der Waals surface area contributed by atoms with Gasteiger partial charge in [0.15, 0.2) is 11.7 Å². The molecule has 0 amide bonds. The monoisotopic (exact) mass is 372 g/mol. The van der Waals surface area contributed by atoms with Gasteiger partial charge < -0.3 is 15.1 Å². The van der Waals surface area contributed by atoms with Crippen LogP contribution in [0.3, 0.4) is 0 Å². The third-order valence-electron chi connectivity index (χ3n) is 3.89. The van der Waals surface area contributed by atoms with Crippen molar-refractivity contribution < 1.29 is 4.42 Å². The van der Waals surface area contributed by atoms with Crippen molar-refractivity contribution in [2.75, 3.05) is 13.1 Å². The van der Waals surface area contributed by atoms with Gasteiger partial charge in [-0.15, -0.1) is 16.4 Å². The van der Waals surface area contributed by atoms with Crippen molar-refractivity contribution in [3.8, 4) is 11.6 Å². The van der Waals surface area contributed by atoms with Gasteiger partial charge in [0.2, 0.25) is 5.82 Å². The van der Waals surface area contributed by atoms with Gasteiger partial charge in [-0.25, -0.2) is 9.98 Å². The van der Waals surface area contributed by atoms with E-state index < -0.39 is 0 Å². The average Bonchev–Trinajstić information content (AvgIpc) is 3.39. The molecule has 0 aromatic carbocycles. The number of aliphatic imine (C=N–C) groups is 1. The number of nitrogens with zero attached hydrogens (tertiary/aromatic N) is 3. The van der Waals surface area contributed by atoms with Gasteiger partial charge >= 0.3 is 0 Å². The molecule has 0 spiro atoms. The van der Waals surface area contributed by atoms with E-state index in [9.17, 15) is 0 Å². The summed E-state index contributed by atoms with van der Waals surface area (Å²) in [7, 11) is 0. The van der Waals surface area contributed by atoms with Crippen LogP contribution in [0.1, 0.15) is 31.5 Å². The van der Waals surface area contributed by atoms with Crippen molar-refractivity contribution in [3.05, 3.63) is 46.6 Å². The highest BCUT2D eigenvalue weighted by Crippen LogP contribution is 2.26. The highest BCUT2D eigenvalue weighted by Gasteiger charge is 2.22. The molecule has 0 saturated heterocycles. The van der Waals surface area contributed by atoms with Crippen LogP contribution >= 0.6 is 11.3 Å². The Morgan fingerprint density at radius 3 is 2.88 bits per heavy atom. The summed E-state index contributed by atoms with van der Waals surface area (Å²) in [6.07, 6.45) is 1.60. The smallest absolute Gasteiger partial charge is 0.216 e. The van der Waals surface area contributed by atoms with Crippen LogP contribution in [0.15, 0.2) is 45.3 Å². The first kappa shape index (κ1) is 18.2. The summed E-state index contributed by atoms with van der Waals surface area (Å²) in [4.78, 5) is 10.4. The topological polar surface area (TPSA) is 91.1 Å². The largest absolute Gasteiger partial charge is 0.461 e. The normalized spacial score (nSPS) is 12.3. The molecule has 0 unspecified atom stereocenters. The number of H-pyrrole nitrogens is 1. The van der Waals surface area contributed by atoms with Crippen molar-refractivity contribution >= 4 is 17.3 Å². The minimum absolute atomic E-state index is 0.0308. The molecule has 0 aliphatic heterocycles. The second-order valence-corrected chi connectivity index (χ2v) is 7.44. The Kier molecular flexibility index (Phi) is 5.72. The quantitative estimate of drug-likeness (QED) is 0.438. The van der Waals surface area contributed by atoms with Gasteiger partial charge in [0, 0.05) is 23.4 Å². The molecule has 0 aliphatic rings. The van der Waals surface area contributed by atoms with E-state index >= 15 is 0 Å². The van der Waals surface area contributed by atoms with Crippen molar-refractivity contribution in [2.24, 2.45) is 4.99 Å². The summed E-state index contributed by atoms with van der Waals surface area (Å²) < 4.78 is 5.30. The van der Waals surface area contributed by atoms with E-state index in [1.165, 1.54) is 4.88 Å². The van der Waals surface area contributed by atoms with Crippen LogP contribution < -0.4 is 10.6 Å². The molecule has 3 heterocycles. The van der Waals surface area contributed by atoms with Gasteiger partial charge in [-0.3, -0.25) is 5.10 Å². The lowest BCUT2D eigenvalue weighted by Crippen LogP contribution is -2.43. The lowest BCUT2D eigenvalue weighted by molar-refractivity contribution is 0.518. The number of furan rings is 1. The fourth-order valence-corrected chi connectivity index (χ4v) is 3.29. The van der Waals surface area contributed by atoms with E-state index in [0.717, 1.165) is 19.0 Å². The summed E-state index contributed by atoms with van der Waals surface area (Å²) in [5.74, 6) is 2.62. The van der Waals surface area contributed by atoms with Crippen molar-refractivity contribution in [1.82, 2.24) is 25.8 Å². The zero-order valence-electron chi connectivity index (χ0n) is 15.2. The lowest BCUT2D eigenvalue weighted by Gasteiger charge is -2.25. The van der Waals surface area contributed by atoms with E-state index in [1.54, 1.807) is 17.6 Å². The van der Waals surface area contributed by atoms with E-state index in [0.29, 0.717) is 24.0 Å². The molecule has 3 aromatic heterocycles. The molecule has 7 nitrogen and oxygen atoms in total. The number of aromatic nitrogens is 3. The first-order valence-corrected chi connectivity index (χ1v) is 9.48. The predicted molar refractivity (Wildman–Crippen MR) is 104 cm³/mol. The number of guanidine groups is 1. The van der Waals surface area contributed by atoms with Crippen molar-refractivity contribution in [3.63, 3.8) is 0 Å². The number of hydrogen-bond acceptors (Lipinski definition) is 5. The molecule has 0 aliphatic carbocycles. The third-order valence-corrected chi connectivity index (χ3v) is 5.13. The predicted octanol–water partition coefficient (Wildman–Crippen LogP) is 3.16. The Hall–Kier alpha value is -2.61. The standard InChI is InChI=1S/C18H24N6OS/c1-4-19-17(21-12-18(2,3)14-8-6-10-26-14)20-11-15-22-16(24-23-15)13-7-5-9-25-13/h5-10H,4,11-12H2,1-3H3,(H2,19,20,21)(H,22,23,24). The highest BCUT2D eigenvalue weighted by molar-refractivity contribution is 7.10. The Morgan fingerprint density at radius 2 is 2.19 bits per heavy atom. The van der Waals surface area contributed by atoms with Gasteiger partial charge in [-0.1, -0.05) is 19.9 Å². The summed E-state index contributed by atoms with van der Waals surface area (Å²) in [5.41, 5.74) is 0.0308. The zero-order chi connectivity index (χ0) is 18.4. The van der Waals surface area contributed by atoms with Gasteiger partial charge in [0.1, 0.15) is 12.4 Å². The highest BCUT2D eigenvalue weighted by atomic mass is 32.1. The maximum atomic E-state index is 5.30. The maximum Gasteiger partial charge on any atom is 0.216 e. The van der Waals surface area contributed by atoms with Gasteiger partial charge in [-0.2, -0.15) is 0 Å². The Morgan fingerprint density at radius 1 is 1.31 bits per heavy atom. The SMILES string of the molecule is CCNC(=NCc1nc(-c2ccco2)n[nH]1)NCC(C)(C)c1cccs1. The molecule has 3 aromatic rings. The Labute approximate surface area is 157 Å². The molecular formula is C18H24N6OS. The van der Waals surface area contributed by atoms with Crippen LogP contribution in [-0.4, -0.2) is 34.2 Å². The number of aromatic amines is 1. The molecule has 3 rings (SSSR count). The first-order valence-electron chi connectivity index (χ1n) is 8.60. The number of hydrogen-bond donors (Lipinski definition) is 3. The first-order chi connectivity index (χ1) is 12.6. The fourth-order valence-electron chi connectivity index (χ4n) is 2.43. The number of nitrogens with one attached hydrogen (secondary N) is 3. The second-order valence-electron chi connectivity index (χ2n) is 6.49. The maximum absolute atomic E-state index is 5.30. The van der Waals surface area contributed by atoms with Crippen LogP contribution in [-0.2, 0) is 12.0 Å². The van der Waals surface area contributed by atoms with E-state index in [4.69, 9.17) is 4.42 Å². The van der Waals surface area contributed by atoms with E-state index in [2.05, 4.69) is 62.2 Å². The van der Waals surface area contributed by atoms with Gasteiger partial charge in [0.05, 0.1) is 6.26 Å². The summed E-state index contributed by atoms with van der Waals surface area (Å²) in [6, 6.07) is 7.89. The van der Waals surface area contributed by atoms with Crippen molar-refractivity contribution in [1.29, 1.82) is 0 Å². The van der Waals surface area contributed by atoms with Crippen molar-refractivity contribution in [2.45, 2.75) is 32.7 Å². The van der Waals surface area contributed by atoms with Gasteiger partial charge in [0.25, 0.3) is 0 Å². The Bertz CT molecular complexity index is 820. The lowest BCUT2D eigenvalue weighted by atomic mass is 9.91. The Balaban J connectivity index is 1.62. The van der Waals surface area contributed by atoms with E-state index in [-0.39, 0.29) is 5.41 Å².